The third-order valence-electron chi connectivity index (χ3n) is 7.36. The van der Waals surface area contributed by atoms with Gasteiger partial charge < -0.3 is 20.1 Å². The predicted molar refractivity (Wildman–Crippen MR) is 121 cm³/mol. The fourth-order valence-electron chi connectivity index (χ4n) is 5.70. The van der Waals surface area contributed by atoms with Crippen LogP contribution in [0.3, 0.4) is 0 Å². The quantitative estimate of drug-likeness (QED) is 0.604. The first kappa shape index (κ1) is 19.9. The van der Waals surface area contributed by atoms with Gasteiger partial charge in [0.2, 0.25) is 0 Å². The molecule has 2 aliphatic carbocycles. The molecule has 0 unspecified atom stereocenters. The van der Waals surface area contributed by atoms with E-state index in [4.69, 9.17) is 19.8 Å². The van der Waals surface area contributed by atoms with Gasteiger partial charge in [-0.05, 0) is 56.9 Å². The number of pyridine rings is 2. The summed E-state index contributed by atoms with van der Waals surface area (Å²) in [6, 6.07) is 3.12. The zero-order valence-electron chi connectivity index (χ0n) is 18.2. The van der Waals surface area contributed by atoms with Crippen molar-refractivity contribution < 1.29 is 9.84 Å². The molecule has 1 saturated carbocycles. The van der Waals surface area contributed by atoms with E-state index in [0.29, 0.717) is 17.7 Å². The molecule has 0 aromatic carbocycles. The third-order valence-corrected chi connectivity index (χ3v) is 7.36. The molecule has 162 valence electrons. The van der Waals surface area contributed by atoms with Crippen LogP contribution in [0.25, 0.3) is 11.0 Å². The molecular formula is C24H35N4O2+. The van der Waals surface area contributed by atoms with E-state index in [1.54, 1.807) is 7.11 Å². The van der Waals surface area contributed by atoms with E-state index in [2.05, 4.69) is 10.2 Å². The summed E-state index contributed by atoms with van der Waals surface area (Å²) >= 11 is 0. The van der Waals surface area contributed by atoms with Gasteiger partial charge in [0.25, 0.3) is 0 Å². The Kier molecular flexibility index (Phi) is 5.68. The number of rotatable bonds is 4. The molecule has 0 spiro atoms. The number of piperidine rings is 1. The van der Waals surface area contributed by atoms with Gasteiger partial charge in [0, 0.05) is 30.9 Å². The van der Waals surface area contributed by atoms with E-state index in [1.807, 2.05) is 6.07 Å². The molecule has 2 fully saturated rings. The van der Waals surface area contributed by atoms with Crippen LogP contribution in [0.1, 0.15) is 69.0 Å². The summed E-state index contributed by atoms with van der Waals surface area (Å²) < 4.78 is 5.38. The third kappa shape index (κ3) is 3.82. The summed E-state index contributed by atoms with van der Waals surface area (Å²) in [5.41, 5.74) is 5.42. The molecule has 1 aliphatic heterocycles. The molecule has 2 aromatic rings. The topological polar surface area (TPSA) is 73.2 Å². The number of hydrogen-bond acceptors (Lipinski definition) is 5. The molecule has 6 nitrogen and oxygen atoms in total. The highest BCUT2D eigenvalue weighted by Gasteiger charge is 2.29. The van der Waals surface area contributed by atoms with Crippen molar-refractivity contribution in [3.05, 3.63) is 17.3 Å². The molecule has 6 heteroatoms. The van der Waals surface area contributed by atoms with Crippen LogP contribution >= 0.6 is 0 Å². The monoisotopic (exact) mass is 411 g/mol. The number of nitrogens with zero attached hydrogens (tertiary/aromatic N) is 3. The fraction of sp³-hybridized carbons (Fsp3) is 0.667. The second-order valence-electron chi connectivity index (χ2n) is 9.28. The number of ether oxygens (including phenoxy) is 1. The van der Waals surface area contributed by atoms with E-state index in [-0.39, 0.29) is 0 Å². The summed E-state index contributed by atoms with van der Waals surface area (Å²) in [6.45, 7) is 2.39. The molecule has 0 radical (unpaired) electrons. The van der Waals surface area contributed by atoms with Crippen LogP contribution in [-0.4, -0.2) is 52.3 Å². The van der Waals surface area contributed by atoms with Crippen LogP contribution in [0.15, 0.2) is 6.07 Å². The van der Waals surface area contributed by atoms with Gasteiger partial charge in [-0.15, -0.1) is 0 Å². The second kappa shape index (κ2) is 8.58. The van der Waals surface area contributed by atoms with Crippen molar-refractivity contribution in [3.63, 3.8) is 0 Å². The lowest BCUT2D eigenvalue weighted by atomic mass is 9.99. The van der Waals surface area contributed by atoms with Gasteiger partial charge in [0.1, 0.15) is 11.0 Å². The maximum atomic E-state index is 8.21. The minimum atomic E-state index is 0.307. The molecule has 0 amide bonds. The maximum Gasteiger partial charge on any atom is 0.319 e. The molecule has 0 bridgehead atoms. The first-order valence-electron chi connectivity index (χ1n) is 11.9. The number of fused-ring (bicyclic) bond motifs is 2. The lowest BCUT2D eigenvalue weighted by Crippen LogP contribution is -2.43. The Morgan fingerprint density at radius 1 is 1.00 bits per heavy atom. The standard InChI is InChI=1S/C24H34N4O2/c1-30-24-21(29)15-20-23(27-24)22(18-9-3-2-4-10-19(18)26-20)25-16-11-13-28(14-12-16)17-7-5-6-8-17/h15-17,29H,2-14H2,1H3,(H,25,26)/p+1. The summed E-state index contributed by atoms with van der Waals surface area (Å²) in [5.74, 6) is 0.693. The number of hydrogen-bond donors (Lipinski definition) is 1. The van der Waals surface area contributed by atoms with E-state index < -0.39 is 0 Å². The summed E-state index contributed by atoms with van der Waals surface area (Å²) in [6.07, 6.45) is 13.7. The van der Waals surface area contributed by atoms with Crippen LogP contribution in [0.2, 0.25) is 0 Å². The molecular weight excluding hydrogens is 376 g/mol. The number of nitrogens with one attached hydrogen (secondary N) is 1. The van der Waals surface area contributed by atoms with Crippen LogP contribution in [0.4, 0.5) is 5.69 Å². The van der Waals surface area contributed by atoms with Gasteiger partial charge >= 0.3 is 11.6 Å². The van der Waals surface area contributed by atoms with Gasteiger partial charge in [0.15, 0.2) is 0 Å². The van der Waals surface area contributed by atoms with Crippen molar-refractivity contribution in [1.82, 2.24) is 14.9 Å². The Morgan fingerprint density at radius 3 is 2.53 bits per heavy atom. The van der Waals surface area contributed by atoms with Crippen molar-refractivity contribution in [2.45, 2.75) is 82.7 Å². The van der Waals surface area contributed by atoms with Gasteiger partial charge in [-0.3, -0.25) is 4.98 Å². The fourth-order valence-corrected chi connectivity index (χ4v) is 5.70. The Balaban J connectivity index is 1.45. The lowest BCUT2D eigenvalue weighted by Gasteiger charge is -2.37. The SMILES string of the molecule is COc1nc2c(NC3CCN(C4CCCC4)CC3)c3c(nc2cc1[OH2+])CCCCC3. The van der Waals surface area contributed by atoms with Crippen molar-refractivity contribution in [3.8, 4) is 11.6 Å². The lowest BCUT2D eigenvalue weighted by molar-refractivity contribution is 0.159. The second-order valence-corrected chi connectivity index (χ2v) is 9.28. The van der Waals surface area contributed by atoms with Gasteiger partial charge in [-0.25, -0.2) is 4.98 Å². The highest BCUT2D eigenvalue weighted by Crippen LogP contribution is 2.37. The van der Waals surface area contributed by atoms with Crippen molar-refractivity contribution in [2.75, 3.05) is 25.5 Å². The molecule has 30 heavy (non-hydrogen) atoms. The van der Waals surface area contributed by atoms with Crippen molar-refractivity contribution in [2.24, 2.45) is 0 Å². The zero-order chi connectivity index (χ0) is 20.5. The number of aromatic nitrogens is 2. The number of methoxy groups -OCH3 is 1. The first-order chi connectivity index (χ1) is 14.7. The highest BCUT2D eigenvalue weighted by atomic mass is 16.5. The highest BCUT2D eigenvalue weighted by molar-refractivity contribution is 5.91. The molecule has 2 aromatic heterocycles. The minimum Gasteiger partial charge on any atom is -0.589 e. The van der Waals surface area contributed by atoms with E-state index in [0.717, 1.165) is 35.6 Å². The Hall–Kier alpha value is -2.08. The van der Waals surface area contributed by atoms with E-state index in [9.17, 15) is 0 Å². The number of anilines is 1. The van der Waals surface area contributed by atoms with Gasteiger partial charge in [-0.1, -0.05) is 19.3 Å². The van der Waals surface area contributed by atoms with Crippen molar-refractivity contribution in [1.29, 1.82) is 0 Å². The Labute approximate surface area is 179 Å². The molecule has 3 N–H and O–H groups in total. The number of aryl methyl sites for hydroxylation is 1. The summed E-state index contributed by atoms with van der Waals surface area (Å²) in [4.78, 5) is 12.4. The average molecular weight is 412 g/mol. The van der Waals surface area contributed by atoms with E-state index in [1.165, 1.54) is 82.1 Å². The van der Waals surface area contributed by atoms with Gasteiger partial charge in [0.05, 0.1) is 18.9 Å². The Morgan fingerprint density at radius 2 is 1.77 bits per heavy atom. The van der Waals surface area contributed by atoms with Crippen LogP contribution in [0, 0.1) is 0 Å². The van der Waals surface area contributed by atoms with Crippen LogP contribution in [0.5, 0.6) is 11.6 Å². The maximum absolute atomic E-state index is 8.21. The summed E-state index contributed by atoms with van der Waals surface area (Å²) in [7, 11) is 1.59. The summed E-state index contributed by atoms with van der Waals surface area (Å²) in [5, 5.41) is 12.1. The molecule has 3 heterocycles. The minimum absolute atomic E-state index is 0.307. The largest absolute Gasteiger partial charge is 0.589 e. The Bertz CT molecular complexity index is 902. The van der Waals surface area contributed by atoms with Crippen LogP contribution < -0.4 is 10.1 Å². The van der Waals surface area contributed by atoms with Crippen LogP contribution in [-0.2, 0) is 12.8 Å². The number of likely N-dealkylation sites (tertiary alicyclic amines) is 1. The first-order valence-corrected chi connectivity index (χ1v) is 11.9. The van der Waals surface area contributed by atoms with Gasteiger partial charge in [-0.2, -0.15) is 0 Å². The molecule has 3 aliphatic rings. The molecule has 1 saturated heterocycles. The smallest absolute Gasteiger partial charge is 0.319 e. The normalized spacial score (nSPS) is 21.5. The average Bonchev–Trinajstić information content (AvgIpc) is 3.20. The molecule has 5 rings (SSSR count). The van der Waals surface area contributed by atoms with E-state index >= 15 is 0 Å². The predicted octanol–water partition coefficient (Wildman–Crippen LogP) is 4.16. The van der Waals surface area contributed by atoms with Crippen molar-refractivity contribution >= 4 is 16.7 Å². The zero-order valence-corrected chi connectivity index (χ0v) is 18.2. The molecule has 0 atom stereocenters.